The van der Waals surface area contributed by atoms with E-state index in [0.29, 0.717) is 23.0 Å². The number of nitrogens with zero attached hydrogens (tertiary/aromatic N) is 3. The lowest BCUT2D eigenvalue weighted by Crippen LogP contribution is -2.06. The molecule has 1 aliphatic carbocycles. The number of hydrogen-bond acceptors (Lipinski definition) is 5. The number of anilines is 2. The monoisotopic (exact) mass is 394 g/mol. The number of rotatable bonds is 5. The first kappa shape index (κ1) is 19.4. The van der Waals surface area contributed by atoms with Crippen LogP contribution < -0.4 is 10.1 Å². The molecule has 0 unspecified atom stereocenters. The van der Waals surface area contributed by atoms with Gasteiger partial charge in [-0.05, 0) is 44.0 Å². The first-order valence-corrected chi connectivity index (χ1v) is 9.85. The maximum Gasteiger partial charge on any atom is 0.188 e. The molecule has 1 aromatic heterocycles. The quantitative estimate of drug-likeness (QED) is 0.591. The van der Waals surface area contributed by atoms with Crippen molar-refractivity contribution in [3.8, 4) is 23.1 Å². The van der Waals surface area contributed by atoms with Crippen LogP contribution in [0.15, 0.2) is 66.8 Å². The van der Waals surface area contributed by atoms with Crippen molar-refractivity contribution in [3.63, 3.8) is 0 Å². The van der Waals surface area contributed by atoms with Gasteiger partial charge in [0.05, 0.1) is 18.7 Å². The van der Waals surface area contributed by atoms with Gasteiger partial charge < -0.3 is 10.1 Å². The molecular weight excluding hydrogens is 372 g/mol. The Morgan fingerprint density at radius 3 is 2.40 bits per heavy atom. The van der Waals surface area contributed by atoms with Gasteiger partial charge in [0.25, 0.3) is 0 Å². The molecule has 148 valence electrons. The SMILES string of the molecule is COc1c(Nc2ccc(C#N)cc2)nc(C2=CCCC=C2)nc1-c1ccc(C)cc1. The Bertz CT molecular complexity index is 1150. The molecule has 1 N–H and O–H groups in total. The number of methoxy groups -OCH3 is 1. The number of benzene rings is 2. The fourth-order valence-electron chi connectivity index (χ4n) is 3.31. The minimum Gasteiger partial charge on any atom is -0.491 e. The molecular formula is C25H22N4O. The lowest BCUT2D eigenvalue weighted by atomic mass is 10.1. The lowest BCUT2D eigenvalue weighted by Gasteiger charge is -2.17. The second-order valence-electron chi connectivity index (χ2n) is 7.10. The number of aromatic nitrogens is 2. The van der Waals surface area contributed by atoms with Crippen molar-refractivity contribution in [1.82, 2.24) is 9.97 Å². The third-order valence-electron chi connectivity index (χ3n) is 4.92. The largest absolute Gasteiger partial charge is 0.491 e. The zero-order valence-corrected chi connectivity index (χ0v) is 17.0. The summed E-state index contributed by atoms with van der Waals surface area (Å²) in [5, 5.41) is 12.4. The highest BCUT2D eigenvalue weighted by Gasteiger charge is 2.19. The molecule has 0 saturated carbocycles. The smallest absolute Gasteiger partial charge is 0.188 e. The average molecular weight is 394 g/mol. The van der Waals surface area contributed by atoms with Gasteiger partial charge in [0.2, 0.25) is 0 Å². The molecule has 0 spiro atoms. The fraction of sp³-hybridized carbons (Fsp3) is 0.160. The fourth-order valence-corrected chi connectivity index (χ4v) is 3.31. The molecule has 30 heavy (non-hydrogen) atoms. The highest BCUT2D eigenvalue weighted by molar-refractivity contribution is 5.80. The highest BCUT2D eigenvalue weighted by Crippen LogP contribution is 2.37. The van der Waals surface area contributed by atoms with E-state index in [-0.39, 0.29) is 0 Å². The second-order valence-corrected chi connectivity index (χ2v) is 7.10. The number of hydrogen-bond donors (Lipinski definition) is 1. The summed E-state index contributed by atoms with van der Waals surface area (Å²) in [6.07, 6.45) is 8.37. The van der Waals surface area contributed by atoms with E-state index < -0.39 is 0 Å². The van der Waals surface area contributed by atoms with Crippen LogP contribution in [0.2, 0.25) is 0 Å². The van der Waals surface area contributed by atoms with Gasteiger partial charge in [-0.15, -0.1) is 0 Å². The van der Waals surface area contributed by atoms with Crippen LogP contribution in [0.5, 0.6) is 5.75 Å². The molecule has 2 aromatic carbocycles. The number of aryl methyl sites for hydroxylation is 1. The molecule has 0 aliphatic heterocycles. The van der Waals surface area contributed by atoms with Gasteiger partial charge in [-0.3, -0.25) is 0 Å². The molecule has 0 fully saturated rings. The topological polar surface area (TPSA) is 70.8 Å². The zero-order valence-electron chi connectivity index (χ0n) is 17.0. The van der Waals surface area contributed by atoms with Crippen molar-refractivity contribution in [3.05, 3.63) is 83.7 Å². The van der Waals surface area contributed by atoms with Gasteiger partial charge in [-0.25, -0.2) is 9.97 Å². The first-order valence-electron chi connectivity index (χ1n) is 9.85. The predicted octanol–water partition coefficient (Wildman–Crippen LogP) is 5.81. The molecule has 3 aromatic rings. The molecule has 1 heterocycles. The van der Waals surface area contributed by atoms with E-state index >= 15 is 0 Å². The summed E-state index contributed by atoms with van der Waals surface area (Å²) < 4.78 is 5.74. The summed E-state index contributed by atoms with van der Waals surface area (Å²) in [7, 11) is 1.62. The van der Waals surface area contributed by atoms with Gasteiger partial charge in [0.1, 0.15) is 5.69 Å². The van der Waals surface area contributed by atoms with E-state index in [9.17, 15) is 0 Å². The molecule has 1 aliphatic rings. The van der Waals surface area contributed by atoms with E-state index in [1.165, 1.54) is 5.56 Å². The molecule has 0 atom stereocenters. The van der Waals surface area contributed by atoms with Crippen molar-refractivity contribution >= 4 is 17.1 Å². The zero-order chi connectivity index (χ0) is 20.9. The van der Waals surface area contributed by atoms with Gasteiger partial charge >= 0.3 is 0 Å². The Hall–Kier alpha value is -3.91. The van der Waals surface area contributed by atoms with E-state index in [1.807, 2.05) is 24.3 Å². The number of ether oxygens (including phenoxy) is 1. The molecule has 5 heteroatoms. The van der Waals surface area contributed by atoms with Crippen molar-refractivity contribution in [1.29, 1.82) is 5.26 Å². The Kier molecular flexibility index (Phi) is 5.58. The van der Waals surface area contributed by atoms with Gasteiger partial charge in [-0.2, -0.15) is 5.26 Å². The summed E-state index contributed by atoms with van der Waals surface area (Å²) in [5.41, 5.74) is 5.30. The van der Waals surface area contributed by atoms with Gasteiger partial charge in [0.15, 0.2) is 17.4 Å². The van der Waals surface area contributed by atoms with Crippen LogP contribution in [0.3, 0.4) is 0 Å². The molecule has 0 bridgehead atoms. The molecule has 5 nitrogen and oxygen atoms in total. The maximum atomic E-state index is 9.04. The van der Waals surface area contributed by atoms with Gasteiger partial charge in [-0.1, -0.05) is 48.1 Å². The average Bonchev–Trinajstić information content (AvgIpc) is 2.80. The van der Waals surface area contributed by atoms with Crippen molar-refractivity contribution in [2.45, 2.75) is 19.8 Å². The van der Waals surface area contributed by atoms with Crippen molar-refractivity contribution in [2.75, 3.05) is 12.4 Å². The normalized spacial score (nSPS) is 12.8. The second kappa shape index (κ2) is 8.62. The van der Waals surface area contributed by atoms with Crippen LogP contribution in [-0.4, -0.2) is 17.1 Å². The maximum absolute atomic E-state index is 9.04. The molecule has 0 radical (unpaired) electrons. The Morgan fingerprint density at radius 2 is 1.77 bits per heavy atom. The Labute approximate surface area is 176 Å². The van der Waals surface area contributed by atoms with Crippen LogP contribution in [0.4, 0.5) is 11.5 Å². The Morgan fingerprint density at radius 1 is 1.00 bits per heavy atom. The number of nitriles is 1. The van der Waals surface area contributed by atoms with Crippen LogP contribution in [0.1, 0.15) is 29.8 Å². The molecule has 4 rings (SSSR count). The van der Waals surface area contributed by atoms with Crippen molar-refractivity contribution in [2.24, 2.45) is 0 Å². The third-order valence-corrected chi connectivity index (χ3v) is 4.92. The predicted molar refractivity (Wildman–Crippen MR) is 120 cm³/mol. The van der Waals surface area contributed by atoms with Crippen molar-refractivity contribution < 1.29 is 4.74 Å². The Balaban J connectivity index is 1.84. The van der Waals surface area contributed by atoms with Crippen LogP contribution in [0, 0.1) is 18.3 Å². The van der Waals surface area contributed by atoms with Crippen LogP contribution >= 0.6 is 0 Å². The highest BCUT2D eigenvalue weighted by atomic mass is 16.5. The van der Waals surface area contributed by atoms with E-state index in [2.05, 4.69) is 48.7 Å². The van der Waals surface area contributed by atoms with E-state index in [1.54, 1.807) is 19.2 Å². The van der Waals surface area contributed by atoms with Gasteiger partial charge in [0, 0.05) is 16.8 Å². The summed E-state index contributed by atoms with van der Waals surface area (Å²) in [4.78, 5) is 9.64. The lowest BCUT2D eigenvalue weighted by molar-refractivity contribution is 0.415. The number of nitrogens with one attached hydrogen (secondary N) is 1. The number of allylic oxidation sites excluding steroid dienone is 4. The first-order chi connectivity index (χ1) is 14.7. The summed E-state index contributed by atoms with van der Waals surface area (Å²) in [6.45, 7) is 2.06. The standard InChI is InChI=1S/C25H22N4O/c1-17-8-12-19(13-9-17)22-23(30-2)25(27-21-14-10-18(16-26)11-15-21)29-24(28-22)20-6-4-3-5-7-20/h4,6-15H,3,5H2,1-2H3,(H,27,28,29). The van der Waals surface area contributed by atoms with E-state index in [4.69, 9.17) is 20.0 Å². The summed E-state index contributed by atoms with van der Waals surface area (Å²) >= 11 is 0. The van der Waals surface area contributed by atoms with Crippen LogP contribution in [-0.2, 0) is 0 Å². The molecule has 0 amide bonds. The van der Waals surface area contributed by atoms with E-state index in [0.717, 1.165) is 35.4 Å². The minimum absolute atomic E-state index is 0.576. The molecule has 0 saturated heterocycles. The minimum atomic E-state index is 0.576. The third kappa shape index (κ3) is 4.08. The van der Waals surface area contributed by atoms with Crippen LogP contribution in [0.25, 0.3) is 16.8 Å². The summed E-state index contributed by atoms with van der Waals surface area (Å²) in [6, 6.07) is 17.6. The summed E-state index contributed by atoms with van der Waals surface area (Å²) in [5.74, 6) is 1.81.